The van der Waals surface area contributed by atoms with Gasteiger partial charge in [0.25, 0.3) is 0 Å². The monoisotopic (exact) mass is 304 g/mol. The molecule has 0 radical (unpaired) electrons. The number of hydrogen-bond donors (Lipinski definition) is 0. The lowest BCUT2D eigenvalue weighted by molar-refractivity contribution is 0.955. The molecule has 1 aromatic heterocycles. The van der Waals surface area contributed by atoms with Gasteiger partial charge in [0.1, 0.15) is 5.17 Å². The summed E-state index contributed by atoms with van der Waals surface area (Å²) in [6.07, 6.45) is 6.45. The van der Waals surface area contributed by atoms with Crippen molar-refractivity contribution >= 4 is 40.4 Å². The molecule has 2 aliphatic rings. The minimum absolute atomic E-state index is 0. The second kappa shape index (κ2) is 4.80. The highest BCUT2D eigenvalue weighted by Crippen LogP contribution is 2.39. The van der Waals surface area contributed by atoms with Crippen molar-refractivity contribution in [1.82, 2.24) is 4.57 Å². The average molecular weight is 305 g/mol. The van der Waals surface area contributed by atoms with Crippen LogP contribution in [0.5, 0.6) is 0 Å². The van der Waals surface area contributed by atoms with E-state index in [0.29, 0.717) is 5.17 Å². The fourth-order valence-electron chi connectivity index (χ4n) is 2.97. The molecule has 2 nitrogen and oxygen atoms in total. The van der Waals surface area contributed by atoms with Gasteiger partial charge < -0.3 is 4.57 Å². The Labute approximate surface area is 129 Å². The molecule has 0 spiro atoms. The Kier molecular flexibility index (Phi) is 3.23. The van der Waals surface area contributed by atoms with Gasteiger partial charge in [-0.2, -0.15) is 0 Å². The maximum atomic E-state index is 6.45. The summed E-state index contributed by atoms with van der Waals surface area (Å²) in [7, 11) is 0. The Morgan fingerprint density at radius 1 is 1.25 bits per heavy atom. The molecule has 0 saturated carbocycles. The van der Waals surface area contributed by atoms with Crippen LogP contribution in [0.2, 0.25) is 0 Å². The quantitative estimate of drug-likeness (QED) is 0.664. The lowest BCUT2D eigenvalue weighted by atomic mass is 9.98. The third-order valence-corrected chi connectivity index (χ3v) is 4.18. The number of allylic oxidation sites excluding steroid dienone is 2. The van der Waals surface area contributed by atoms with E-state index in [1.54, 1.807) is 0 Å². The number of para-hydroxylation sites is 1. The molecule has 1 aliphatic carbocycles. The lowest BCUT2D eigenvalue weighted by Gasteiger charge is -2.15. The van der Waals surface area contributed by atoms with E-state index in [9.17, 15) is 0 Å². The number of aliphatic imine (C=N–C) groups is 1. The van der Waals surface area contributed by atoms with Crippen LogP contribution >= 0.6 is 24.0 Å². The third kappa shape index (κ3) is 1.75. The second-order valence-electron chi connectivity index (χ2n) is 5.06. The highest BCUT2D eigenvalue weighted by molar-refractivity contribution is 6.76. The molecule has 2 heterocycles. The zero-order chi connectivity index (χ0) is 13.0. The molecule has 1 aliphatic heterocycles. The van der Waals surface area contributed by atoms with Crippen LogP contribution in [0.15, 0.2) is 41.5 Å². The first kappa shape index (κ1) is 13.5. The fraction of sp³-hybridized carbons (Fsp3) is 0.188. The molecule has 102 valence electrons. The number of aryl methyl sites for hydroxylation is 2. The van der Waals surface area contributed by atoms with Crippen molar-refractivity contribution in [1.29, 1.82) is 0 Å². The van der Waals surface area contributed by atoms with Crippen molar-refractivity contribution in [2.24, 2.45) is 4.99 Å². The first-order valence-corrected chi connectivity index (χ1v) is 6.89. The number of nitrogens with zero attached hydrogens (tertiary/aromatic N) is 2. The van der Waals surface area contributed by atoms with E-state index in [-0.39, 0.29) is 12.4 Å². The first-order chi connectivity index (χ1) is 9.25. The first-order valence-electron chi connectivity index (χ1n) is 6.51. The molecular weight excluding hydrogens is 291 g/mol. The molecule has 4 rings (SSSR count). The average Bonchev–Trinajstić information content (AvgIpc) is 2.79. The van der Waals surface area contributed by atoms with E-state index < -0.39 is 0 Å². The molecular formula is C16H14Cl2N2. The van der Waals surface area contributed by atoms with Crippen molar-refractivity contribution in [3.63, 3.8) is 0 Å². The fourth-order valence-corrected chi connectivity index (χ4v) is 3.22. The van der Waals surface area contributed by atoms with Gasteiger partial charge in [0, 0.05) is 11.8 Å². The zero-order valence-electron chi connectivity index (χ0n) is 11.1. The molecule has 0 bridgehead atoms. The van der Waals surface area contributed by atoms with Gasteiger partial charge in [-0.3, -0.25) is 0 Å². The predicted octanol–water partition coefficient (Wildman–Crippen LogP) is 4.82. The Hall–Kier alpha value is -1.51. The lowest BCUT2D eigenvalue weighted by Crippen LogP contribution is -2.06. The number of rotatable bonds is 0. The summed E-state index contributed by atoms with van der Waals surface area (Å²) < 4.78 is 2.22. The van der Waals surface area contributed by atoms with E-state index >= 15 is 0 Å². The van der Waals surface area contributed by atoms with Crippen molar-refractivity contribution in [3.8, 4) is 5.69 Å². The molecule has 0 unspecified atom stereocenters. The molecule has 2 aromatic rings. The normalized spacial score (nSPS) is 15.3. The molecule has 0 amide bonds. The van der Waals surface area contributed by atoms with Crippen LogP contribution in [-0.4, -0.2) is 9.74 Å². The largest absolute Gasteiger partial charge is 0.314 e. The van der Waals surface area contributed by atoms with Gasteiger partial charge in [-0.25, -0.2) is 4.99 Å². The topological polar surface area (TPSA) is 17.3 Å². The van der Waals surface area contributed by atoms with E-state index in [4.69, 9.17) is 11.6 Å². The van der Waals surface area contributed by atoms with Crippen molar-refractivity contribution < 1.29 is 0 Å². The number of halogens is 2. The van der Waals surface area contributed by atoms with Crippen LogP contribution in [0.1, 0.15) is 23.2 Å². The van der Waals surface area contributed by atoms with Crippen LogP contribution in [0.3, 0.4) is 0 Å². The van der Waals surface area contributed by atoms with Crippen LogP contribution in [0.25, 0.3) is 11.3 Å². The maximum absolute atomic E-state index is 6.45. The van der Waals surface area contributed by atoms with Crippen molar-refractivity contribution in [2.45, 2.75) is 19.8 Å². The molecule has 20 heavy (non-hydrogen) atoms. The summed E-state index contributed by atoms with van der Waals surface area (Å²) in [5, 5.41) is 0.606. The number of aromatic nitrogens is 1. The molecule has 0 fully saturated rings. The van der Waals surface area contributed by atoms with Gasteiger partial charge in [0.05, 0.1) is 17.1 Å². The molecule has 4 heteroatoms. The van der Waals surface area contributed by atoms with Gasteiger partial charge in [-0.1, -0.05) is 29.8 Å². The third-order valence-electron chi connectivity index (χ3n) is 3.90. The van der Waals surface area contributed by atoms with E-state index in [2.05, 4.69) is 53.0 Å². The number of fused-ring (bicyclic) bond motifs is 2. The Morgan fingerprint density at radius 3 is 2.95 bits per heavy atom. The number of benzene rings is 1. The Balaban J connectivity index is 0.00000121. The molecule has 0 atom stereocenters. The Bertz CT molecular complexity index is 754. The van der Waals surface area contributed by atoms with Crippen LogP contribution < -0.4 is 0 Å². The Morgan fingerprint density at radius 2 is 2.10 bits per heavy atom. The van der Waals surface area contributed by atoms with E-state index in [1.165, 1.54) is 11.3 Å². The van der Waals surface area contributed by atoms with Crippen LogP contribution in [0, 0.1) is 6.92 Å². The predicted molar refractivity (Wildman–Crippen MR) is 87.0 cm³/mol. The smallest absolute Gasteiger partial charge is 0.138 e. The number of hydrogen-bond acceptors (Lipinski definition) is 1. The standard InChI is InChI=1S/C16H13ClN2.ClH/c1-10-4-2-7-13-14(10)18-16(17)12-6-3-5-11-8-9-19(13)15(11)12;/h2,4,6-9H,3,5H2,1H3;1H. The summed E-state index contributed by atoms with van der Waals surface area (Å²) in [6.45, 7) is 2.07. The molecule has 1 aromatic carbocycles. The highest BCUT2D eigenvalue weighted by Gasteiger charge is 2.25. The minimum Gasteiger partial charge on any atom is -0.314 e. The molecule has 0 N–H and O–H groups in total. The van der Waals surface area contributed by atoms with Gasteiger partial charge in [-0.15, -0.1) is 12.4 Å². The van der Waals surface area contributed by atoms with Crippen molar-refractivity contribution in [2.75, 3.05) is 0 Å². The summed E-state index contributed by atoms with van der Waals surface area (Å²) in [4.78, 5) is 4.65. The van der Waals surface area contributed by atoms with E-state index in [1.807, 2.05) is 0 Å². The summed E-state index contributed by atoms with van der Waals surface area (Å²) in [6, 6.07) is 8.45. The van der Waals surface area contributed by atoms with Crippen LogP contribution in [-0.2, 0) is 6.42 Å². The van der Waals surface area contributed by atoms with Gasteiger partial charge in [0.15, 0.2) is 0 Å². The van der Waals surface area contributed by atoms with E-state index in [0.717, 1.165) is 35.4 Å². The van der Waals surface area contributed by atoms with Gasteiger partial charge >= 0.3 is 0 Å². The minimum atomic E-state index is 0. The SMILES string of the molecule is Cc1cccc2c1N=C(Cl)C1=CCCc3ccn-2c31.Cl. The summed E-state index contributed by atoms with van der Waals surface area (Å²) in [5.74, 6) is 0. The van der Waals surface area contributed by atoms with Gasteiger partial charge in [-0.05, 0) is 43.0 Å². The maximum Gasteiger partial charge on any atom is 0.138 e. The summed E-state index contributed by atoms with van der Waals surface area (Å²) in [5.41, 5.74) is 6.89. The molecule has 0 saturated heterocycles. The summed E-state index contributed by atoms with van der Waals surface area (Å²) >= 11 is 6.45. The van der Waals surface area contributed by atoms with Gasteiger partial charge in [0.2, 0.25) is 0 Å². The second-order valence-corrected chi connectivity index (χ2v) is 5.42. The highest BCUT2D eigenvalue weighted by atomic mass is 35.5. The van der Waals surface area contributed by atoms with Crippen LogP contribution in [0.4, 0.5) is 5.69 Å². The zero-order valence-corrected chi connectivity index (χ0v) is 12.6. The van der Waals surface area contributed by atoms with Crippen molar-refractivity contribution in [3.05, 3.63) is 53.4 Å².